The molecule has 3 nitrogen and oxygen atoms in total. The van der Waals surface area contributed by atoms with Gasteiger partial charge in [0.15, 0.2) is 0 Å². The third-order valence-corrected chi connectivity index (χ3v) is 3.36. The molecule has 3 heteroatoms. The molecule has 2 atom stereocenters. The van der Waals surface area contributed by atoms with Crippen LogP contribution in [0.3, 0.4) is 0 Å². The monoisotopic (exact) mass is 214 g/mol. The van der Waals surface area contributed by atoms with E-state index in [9.17, 15) is 0 Å². The van der Waals surface area contributed by atoms with Crippen LogP contribution in [0.2, 0.25) is 0 Å². The van der Waals surface area contributed by atoms with E-state index < -0.39 is 0 Å². The first-order chi connectivity index (χ1) is 7.27. The maximum Gasteiger partial charge on any atom is 0.0478 e. The van der Waals surface area contributed by atoms with Crippen LogP contribution in [0.15, 0.2) is 0 Å². The van der Waals surface area contributed by atoms with Crippen molar-refractivity contribution in [3.8, 4) is 0 Å². The third-order valence-electron chi connectivity index (χ3n) is 3.36. The van der Waals surface area contributed by atoms with Crippen molar-refractivity contribution in [3.63, 3.8) is 0 Å². The molecule has 90 valence electrons. The Morgan fingerprint density at radius 2 is 2.27 bits per heavy atom. The second kappa shape index (κ2) is 7.20. The molecule has 0 bridgehead atoms. The molecular weight excluding hydrogens is 188 g/mol. The molecule has 1 rings (SSSR count). The predicted octanol–water partition coefficient (Wildman–Crippen LogP) is 1.49. The Labute approximate surface area is 94.2 Å². The average molecular weight is 214 g/mol. The molecule has 0 aromatic heterocycles. The lowest BCUT2D eigenvalue weighted by Crippen LogP contribution is -2.46. The molecule has 0 amide bonds. The minimum Gasteiger partial charge on any atom is -0.382 e. The van der Waals surface area contributed by atoms with E-state index in [1.54, 1.807) is 0 Å². The number of hydrogen-bond acceptors (Lipinski definition) is 3. The highest BCUT2D eigenvalue weighted by molar-refractivity contribution is 4.81. The van der Waals surface area contributed by atoms with Gasteiger partial charge >= 0.3 is 0 Å². The van der Waals surface area contributed by atoms with Crippen molar-refractivity contribution in [2.75, 3.05) is 33.4 Å². The third kappa shape index (κ3) is 4.49. The first-order valence-electron chi connectivity index (χ1n) is 6.27. The zero-order valence-corrected chi connectivity index (χ0v) is 10.5. The zero-order valence-electron chi connectivity index (χ0n) is 10.5. The number of ether oxygens (including phenoxy) is 1. The largest absolute Gasteiger partial charge is 0.382 e. The number of nitrogens with zero attached hydrogens (tertiary/aromatic N) is 1. The Morgan fingerprint density at radius 3 is 2.87 bits per heavy atom. The van der Waals surface area contributed by atoms with Crippen molar-refractivity contribution in [2.24, 2.45) is 0 Å². The van der Waals surface area contributed by atoms with Gasteiger partial charge in [-0.3, -0.25) is 0 Å². The van der Waals surface area contributed by atoms with Crippen molar-refractivity contribution < 1.29 is 4.74 Å². The smallest absolute Gasteiger partial charge is 0.0478 e. The van der Waals surface area contributed by atoms with E-state index in [2.05, 4.69) is 31.1 Å². The Bertz CT molecular complexity index is 164. The SMILES string of the molecule is CCOCCCN1CCC(NC)CC1C. The molecular formula is C12H26N2O. The zero-order chi connectivity index (χ0) is 11.1. The lowest BCUT2D eigenvalue weighted by molar-refractivity contribution is 0.102. The number of nitrogens with one attached hydrogen (secondary N) is 1. The van der Waals surface area contributed by atoms with Gasteiger partial charge in [0.1, 0.15) is 0 Å². The lowest BCUT2D eigenvalue weighted by Gasteiger charge is -2.37. The van der Waals surface area contributed by atoms with E-state index in [1.165, 1.54) is 32.4 Å². The van der Waals surface area contributed by atoms with E-state index >= 15 is 0 Å². The molecule has 1 fully saturated rings. The second-order valence-corrected chi connectivity index (χ2v) is 4.45. The fraction of sp³-hybridized carbons (Fsp3) is 1.00. The van der Waals surface area contributed by atoms with Gasteiger partial charge in [0.25, 0.3) is 0 Å². The molecule has 1 aliphatic heterocycles. The molecule has 0 aromatic rings. The summed E-state index contributed by atoms with van der Waals surface area (Å²) >= 11 is 0. The molecule has 15 heavy (non-hydrogen) atoms. The van der Waals surface area contributed by atoms with Crippen LogP contribution in [0.1, 0.15) is 33.1 Å². The first kappa shape index (κ1) is 12.9. The summed E-state index contributed by atoms with van der Waals surface area (Å²) in [5, 5.41) is 3.38. The molecule has 1 aliphatic rings. The Balaban J connectivity index is 2.14. The van der Waals surface area contributed by atoms with Gasteiger partial charge in [-0.15, -0.1) is 0 Å². The van der Waals surface area contributed by atoms with Gasteiger partial charge in [0.2, 0.25) is 0 Å². The van der Waals surface area contributed by atoms with Gasteiger partial charge in [0, 0.05) is 31.8 Å². The number of rotatable bonds is 6. The van der Waals surface area contributed by atoms with Gasteiger partial charge in [-0.25, -0.2) is 0 Å². The Morgan fingerprint density at radius 1 is 1.47 bits per heavy atom. The van der Waals surface area contributed by atoms with Crippen LogP contribution in [-0.4, -0.2) is 50.3 Å². The maximum absolute atomic E-state index is 5.36. The molecule has 1 heterocycles. The average Bonchev–Trinajstić information content (AvgIpc) is 2.26. The lowest BCUT2D eigenvalue weighted by atomic mass is 9.98. The van der Waals surface area contributed by atoms with Crippen LogP contribution in [0.25, 0.3) is 0 Å². The second-order valence-electron chi connectivity index (χ2n) is 4.45. The number of likely N-dealkylation sites (tertiary alicyclic amines) is 1. The van der Waals surface area contributed by atoms with Crippen molar-refractivity contribution in [3.05, 3.63) is 0 Å². The standard InChI is InChI=1S/C12H26N2O/c1-4-15-9-5-7-14-8-6-12(13-3)10-11(14)2/h11-13H,4-10H2,1-3H3. The first-order valence-corrected chi connectivity index (χ1v) is 6.27. The molecule has 0 aliphatic carbocycles. The van der Waals surface area contributed by atoms with Crippen LogP contribution in [0, 0.1) is 0 Å². The van der Waals surface area contributed by atoms with Crippen molar-refractivity contribution in [2.45, 2.75) is 45.2 Å². The van der Waals surface area contributed by atoms with Crippen LogP contribution in [-0.2, 0) is 4.74 Å². The summed E-state index contributed by atoms with van der Waals surface area (Å²) in [7, 11) is 2.07. The highest BCUT2D eigenvalue weighted by Gasteiger charge is 2.23. The fourth-order valence-corrected chi connectivity index (χ4v) is 2.33. The fourth-order valence-electron chi connectivity index (χ4n) is 2.33. The van der Waals surface area contributed by atoms with E-state index in [-0.39, 0.29) is 0 Å². The van der Waals surface area contributed by atoms with E-state index in [4.69, 9.17) is 4.74 Å². The molecule has 1 saturated heterocycles. The molecule has 0 radical (unpaired) electrons. The minimum absolute atomic E-state index is 0.720. The highest BCUT2D eigenvalue weighted by atomic mass is 16.5. The molecule has 0 spiro atoms. The summed E-state index contributed by atoms with van der Waals surface area (Å²) in [4.78, 5) is 2.59. The van der Waals surface area contributed by atoms with Crippen LogP contribution in [0.4, 0.5) is 0 Å². The van der Waals surface area contributed by atoms with Crippen molar-refractivity contribution in [1.29, 1.82) is 0 Å². The van der Waals surface area contributed by atoms with Gasteiger partial charge < -0.3 is 15.0 Å². The number of piperidine rings is 1. The summed E-state index contributed by atoms with van der Waals surface area (Å²) in [6, 6.07) is 1.45. The predicted molar refractivity (Wildman–Crippen MR) is 64.2 cm³/mol. The summed E-state index contributed by atoms with van der Waals surface area (Å²) < 4.78 is 5.36. The normalized spacial score (nSPS) is 28.2. The summed E-state index contributed by atoms with van der Waals surface area (Å²) in [6.45, 7) is 8.58. The Kier molecular flexibility index (Phi) is 6.22. The molecule has 0 saturated carbocycles. The van der Waals surface area contributed by atoms with Crippen LogP contribution < -0.4 is 5.32 Å². The van der Waals surface area contributed by atoms with Gasteiger partial charge in [-0.05, 0) is 46.7 Å². The van der Waals surface area contributed by atoms with Gasteiger partial charge in [-0.1, -0.05) is 0 Å². The van der Waals surface area contributed by atoms with Gasteiger partial charge in [0.05, 0.1) is 0 Å². The summed E-state index contributed by atoms with van der Waals surface area (Å²) in [5.74, 6) is 0. The van der Waals surface area contributed by atoms with Gasteiger partial charge in [-0.2, -0.15) is 0 Å². The quantitative estimate of drug-likeness (QED) is 0.678. The Hall–Kier alpha value is -0.120. The molecule has 2 unspecified atom stereocenters. The van der Waals surface area contributed by atoms with E-state index in [0.29, 0.717) is 0 Å². The van der Waals surface area contributed by atoms with Crippen molar-refractivity contribution >= 4 is 0 Å². The summed E-state index contributed by atoms with van der Waals surface area (Å²) in [6.07, 6.45) is 3.74. The minimum atomic E-state index is 0.720. The molecule has 1 N–H and O–H groups in total. The maximum atomic E-state index is 5.36. The highest BCUT2D eigenvalue weighted by Crippen LogP contribution is 2.16. The van der Waals surface area contributed by atoms with Crippen molar-refractivity contribution in [1.82, 2.24) is 10.2 Å². The summed E-state index contributed by atoms with van der Waals surface area (Å²) in [5.41, 5.74) is 0. The topological polar surface area (TPSA) is 24.5 Å². The molecule has 0 aromatic carbocycles. The van der Waals surface area contributed by atoms with Crippen LogP contribution in [0.5, 0.6) is 0 Å². The van der Waals surface area contributed by atoms with E-state index in [1.807, 2.05) is 0 Å². The van der Waals surface area contributed by atoms with Crippen LogP contribution >= 0.6 is 0 Å². The van der Waals surface area contributed by atoms with E-state index in [0.717, 1.165) is 25.3 Å². The number of hydrogen-bond donors (Lipinski definition) is 1.